The molecule has 0 saturated heterocycles. The number of aromatic amines is 1. The molecule has 0 bridgehead atoms. The van der Waals surface area contributed by atoms with Crippen LogP contribution in [0, 0.1) is 13.8 Å². The number of ketones is 1. The monoisotopic (exact) mass is 487 g/mol. The first-order chi connectivity index (χ1) is 15.7. The summed E-state index contributed by atoms with van der Waals surface area (Å²) in [5.41, 5.74) is 1.44. The van der Waals surface area contributed by atoms with Crippen LogP contribution in [0.1, 0.15) is 33.5 Å². The van der Waals surface area contributed by atoms with E-state index in [1.165, 1.54) is 29.2 Å². The van der Waals surface area contributed by atoms with Crippen molar-refractivity contribution in [2.45, 2.75) is 31.8 Å². The number of esters is 1. The van der Waals surface area contributed by atoms with Crippen LogP contribution in [-0.2, 0) is 20.1 Å². The molecule has 0 unspecified atom stereocenters. The van der Waals surface area contributed by atoms with Crippen LogP contribution in [0.2, 0.25) is 0 Å². The number of amides is 1. The Morgan fingerprint density at radius 1 is 1.30 bits per heavy atom. The van der Waals surface area contributed by atoms with Crippen molar-refractivity contribution in [2.24, 2.45) is 0 Å². The highest BCUT2D eigenvalue weighted by Crippen LogP contribution is 2.29. The SMILES string of the molecule is Cc1sc2nc(CS[C@H](C)C(=O)OCC(=O)c3ccc4c(c3)NC(=O)CO4)[nH]c(=O)c2c1C. The number of hydrogen-bond donors (Lipinski definition) is 2. The molecule has 3 aromatic rings. The van der Waals surface area contributed by atoms with E-state index in [4.69, 9.17) is 9.47 Å². The Bertz CT molecular complexity index is 1330. The summed E-state index contributed by atoms with van der Waals surface area (Å²) < 4.78 is 10.4. The average Bonchev–Trinajstić information content (AvgIpc) is 3.08. The minimum absolute atomic E-state index is 0.0721. The molecule has 2 aromatic heterocycles. The number of Topliss-reactive ketones (excluding diaryl/α,β-unsaturated/α-hetero) is 1. The van der Waals surface area contributed by atoms with Gasteiger partial charge in [0, 0.05) is 10.4 Å². The number of benzene rings is 1. The van der Waals surface area contributed by atoms with Gasteiger partial charge in [-0.05, 0) is 44.5 Å². The summed E-state index contributed by atoms with van der Waals surface area (Å²) in [6, 6.07) is 4.63. The van der Waals surface area contributed by atoms with Crippen molar-refractivity contribution in [1.29, 1.82) is 0 Å². The van der Waals surface area contributed by atoms with Crippen molar-refractivity contribution >= 4 is 56.7 Å². The second kappa shape index (κ2) is 9.36. The third kappa shape index (κ3) is 4.93. The molecule has 9 nitrogen and oxygen atoms in total. The number of carbonyl (C=O) groups is 3. The fourth-order valence-corrected chi connectivity index (χ4v) is 5.03. The molecule has 0 spiro atoms. The van der Waals surface area contributed by atoms with Crippen LogP contribution < -0.4 is 15.6 Å². The summed E-state index contributed by atoms with van der Waals surface area (Å²) in [4.78, 5) is 57.6. The molecule has 1 aliphatic heterocycles. The molecule has 3 heterocycles. The standard InChI is InChI=1S/C22H21N3O6S2/c1-10-11(2)33-21-19(10)20(28)24-17(25-21)9-32-12(3)22(29)31-7-15(26)13-4-5-16-14(6-13)23-18(27)8-30-16/h4-6,12H,7-9H2,1-3H3,(H,23,27)(H,24,25,28)/t12-/m1/s1. The minimum atomic E-state index is -0.568. The lowest BCUT2D eigenvalue weighted by atomic mass is 10.1. The van der Waals surface area contributed by atoms with Crippen LogP contribution in [0.15, 0.2) is 23.0 Å². The van der Waals surface area contributed by atoms with Gasteiger partial charge < -0.3 is 19.8 Å². The highest BCUT2D eigenvalue weighted by molar-refractivity contribution is 7.99. The Kier molecular flexibility index (Phi) is 6.52. The molecular formula is C22H21N3O6S2. The van der Waals surface area contributed by atoms with Crippen LogP contribution in [-0.4, -0.2) is 46.1 Å². The van der Waals surface area contributed by atoms with Gasteiger partial charge in [-0.2, -0.15) is 0 Å². The summed E-state index contributed by atoms with van der Waals surface area (Å²) in [6.45, 7) is 5.01. The van der Waals surface area contributed by atoms with E-state index >= 15 is 0 Å². The molecule has 0 aliphatic carbocycles. The minimum Gasteiger partial charge on any atom is -0.482 e. The van der Waals surface area contributed by atoms with E-state index in [1.807, 2.05) is 13.8 Å². The van der Waals surface area contributed by atoms with Crippen molar-refractivity contribution in [3.8, 4) is 5.75 Å². The highest BCUT2D eigenvalue weighted by Gasteiger charge is 2.21. The molecule has 1 aromatic carbocycles. The first-order valence-corrected chi connectivity index (χ1v) is 12.0. The van der Waals surface area contributed by atoms with Crippen molar-refractivity contribution in [1.82, 2.24) is 9.97 Å². The summed E-state index contributed by atoms with van der Waals surface area (Å²) >= 11 is 2.72. The van der Waals surface area contributed by atoms with E-state index in [9.17, 15) is 19.2 Å². The van der Waals surface area contributed by atoms with E-state index in [0.717, 1.165) is 10.4 Å². The number of rotatable bonds is 7. The molecular weight excluding hydrogens is 466 g/mol. The Hall–Kier alpha value is -3.18. The molecule has 172 valence electrons. The van der Waals surface area contributed by atoms with Crippen molar-refractivity contribution in [3.05, 3.63) is 50.4 Å². The smallest absolute Gasteiger partial charge is 0.319 e. The van der Waals surface area contributed by atoms with E-state index < -0.39 is 23.6 Å². The number of fused-ring (bicyclic) bond motifs is 2. The summed E-state index contributed by atoms with van der Waals surface area (Å²) in [6.07, 6.45) is 0. The lowest BCUT2D eigenvalue weighted by molar-refractivity contribution is -0.141. The quantitative estimate of drug-likeness (QED) is 0.385. The molecule has 33 heavy (non-hydrogen) atoms. The van der Waals surface area contributed by atoms with Crippen LogP contribution in [0.3, 0.4) is 0 Å². The zero-order valence-electron chi connectivity index (χ0n) is 18.1. The van der Waals surface area contributed by atoms with E-state index in [2.05, 4.69) is 15.3 Å². The largest absolute Gasteiger partial charge is 0.482 e. The molecule has 0 saturated carbocycles. The average molecular weight is 488 g/mol. The van der Waals surface area contributed by atoms with Gasteiger partial charge in [-0.25, -0.2) is 4.98 Å². The number of aromatic nitrogens is 2. The van der Waals surface area contributed by atoms with Gasteiger partial charge in [0.25, 0.3) is 11.5 Å². The number of nitrogens with one attached hydrogen (secondary N) is 2. The van der Waals surface area contributed by atoms with Gasteiger partial charge in [-0.3, -0.25) is 19.2 Å². The second-order valence-corrected chi connectivity index (χ2v) is 10.0. The van der Waals surface area contributed by atoms with Crippen molar-refractivity contribution in [3.63, 3.8) is 0 Å². The number of thioether (sulfide) groups is 1. The molecule has 0 fully saturated rings. The first kappa shape index (κ1) is 23.0. The zero-order valence-corrected chi connectivity index (χ0v) is 19.8. The zero-order chi connectivity index (χ0) is 23.7. The number of carbonyl (C=O) groups excluding carboxylic acids is 3. The maximum atomic E-state index is 12.4. The van der Waals surface area contributed by atoms with Gasteiger partial charge >= 0.3 is 5.97 Å². The number of H-pyrrole nitrogens is 1. The van der Waals surface area contributed by atoms with Crippen molar-refractivity contribution < 1.29 is 23.9 Å². The molecule has 4 rings (SSSR count). The third-order valence-corrected chi connectivity index (χ3v) is 7.40. The van der Waals surface area contributed by atoms with E-state index in [0.29, 0.717) is 38.8 Å². The predicted octanol–water partition coefficient (Wildman–Crippen LogP) is 2.98. The number of aryl methyl sites for hydroxylation is 2. The van der Waals surface area contributed by atoms with Crippen LogP contribution in [0.4, 0.5) is 5.69 Å². The maximum absolute atomic E-state index is 12.4. The summed E-state index contributed by atoms with van der Waals surface area (Å²) in [7, 11) is 0. The molecule has 1 atom stereocenters. The maximum Gasteiger partial charge on any atom is 0.319 e. The summed E-state index contributed by atoms with van der Waals surface area (Å²) in [5, 5.41) is 2.67. The Morgan fingerprint density at radius 2 is 2.09 bits per heavy atom. The Balaban J connectivity index is 1.32. The van der Waals surface area contributed by atoms with Gasteiger partial charge in [-0.15, -0.1) is 23.1 Å². The van der Waals surface area contributed by atoms with Gasteiger partial charge in [0.15, 0.2) is 19.0 Å². The van der Waals surface area contributed by atoms with Crippen LogP contribution in [0.25, 0.3) is 10.2 Å². The van der Waals surface area contributed by atoms with Gasteiger partial charge in [0.05, 0.1) is 16.8 Å². The number of ether oxygens (including phenoxy) is 2. The highest BCUT2D eigenvalue weighted by atomic mass is 32.2. The van der Waals surface area contributed by atoms with Gasteiger partial charge in [-0.1, -0.05) is 0 Å². The van der Waals surface area contributed by atoms with E-state index in [1.54, 1.807) is 19.1 Å². The number of hydrogen-bond acceptors (Lipinski definition) is 9. The van der Waals surface area contributed by atoms with Gasteiger partial charge in [0.2, 0.25) is 0 Å². The fraction of sp³-hybridized carbons (Fsp3) is 0.318. The molecule has 11 heteroatoms. The molecule has 1 amide bonds. The molecule has 0 radical (unpaired) electrons. The molecule has 2 N–H and O–H groups in total. The third-order valence-electron chi connectivity index (χ3n) is 5.17. The Labute approximate surface area is 196 Å². The summed E-state index contributed by atoms with van der Waals surface area (Å²) in [5.74, 6) is 0.0234. The fourth-order valence-electron chi connectivity index (χ4n) is 3.23. The molecule has 1 aliphatic rings. The lowest BCUT2D eigenvalue weighted by Gasteiger charge is -2.18. The van der Waals surface area contributed by atoms with Crippen molar-refractivity contribution in [2.75, 3.05) is 18.5 Å². The number of nitrogens with zero attached hydrogens (tertiary/aromatic N) is 1. The van der Waals surface area contributed by atoms with Gasteiger partial charge in [0.1, 0.15) is 21.7 Å². The van der Waals surface area contributed by atoms with Crippen LogP contribution >= 0.6 is 23.1 Å². The van der Waals surface area contributed by atoms with E-state index in [-0.39, 0.29) is 18.1 Å². The number of anilines is 1. The Morgan fingerprint density at radius 3 is 2.88 bits per heavy atom. The normalized spacial score (nSPS) is 13.7. The predicted molar refractivity (Wildman–Crippen MR) is 126 cm³/mol. The lowest BCUT2D eigenvalue weighted by Crippen LogP contribution is -2.26. The first-order valence-electron chi connectivity index (χ1n) is 10.1. The topological polar surface area (TPSA) is 127 Å². The number of thiophene rings is 1. The second-order valence-electron chi connectivity index (χ2n) is 7.51. The van der Waals surface area contributed by atoms with Crippen LogP contribution in [0.5, 0.6) is 5.75 Å².